The van der Waals surface area contributed by atoms with Gasteiger partial charge in [0, 0.05) is 42.3 Å². The van der Waals surface area contributed by atoms with Gasteiger partial charge < -0.3 is 14.2 Å². The number of hydrogen-bond donors (Lipinski definition) is 0. The first-order valence-corrected chi connectivity index (χ1v) is 14.3. The lowest BCUT2D eigenvalue weighted by atomic mass is 9.89. The minimum Gasteiger partial charge on any atom is -0.494 e. The van der Waals surface area contributed by atoms with Gasteiger partial charge in [-0.3, -0.25) is 4.79 Å². The Morgan fingerprint density at radius 3 is 2.31 bits per heavy atom. The van der Waals surface area contributed by atoms with Crippen LogP contribution in [-0.2, 0) is 6.54 Å². The number of carbonyl (C=O) groups excluding carboxylic acids is 1. The van der Waals surface area contributed by atoms with Gasteiger partial charge in [-0.15, -0.1) is 0 Å². The summed E-state index contributed by atoms with van der Waals surface area (Å²) in [4.78, 5) is 15.2. The molecule has 194 valence electrons. The number of fused-ring (bicyclic) bond motifs is 1. The molecule has 1 aliphatic heterocycles. The number of para-hydroxylation sites is 1. The molecule has 4 heteroatoms. The Balaban J connectivity index is 1.30. The van der Waals surface area contributed by atoms with Gasteiger partial charge in [0.15, 0.2) is 0 Å². The summed E-state index contributed by atoms with van der Waals surface area (Å²) in [5.41, 5.74) is 3.58. The number of piperidine rings is 1. The fourth-order valence-electron chi connectivity index (χ4n) is 5.48. The summed E-state index contributed by atoms with van der Waals surface area (Å²) in [6.45, 7) is 7.96. The monoisotopic (exact) mass is 488 g/mol. The van der Waals surface area contributed by atoms with E-state index in [1.54, 1.807) is 0 Å². The zero-order valence-electron chi connectivity index (χ0n) is 22.4. The van der Waals surface area contributed by atoms with Gasteiger partial charge in [0.25, 0.3) is 5.91 Å². The van der Waals surface area contributed by atoms with E-state index in [1.807, 2.05) is 29.2 Å². The smallest absolute Gasteiger partial charge is 0.253 e. The Morgan fingerprint density at radius 1 is 0.861 bits per heavy atom. The highest BCUT2D eigenvalue weighted by Crippen LogP contribution is 2.35. The van der Waals surface area contributed by atoms with Crippen molar-refractivity contribution < 1.29 is 9.53 Å². The largest absolute Gasteiger partial charge is 0.494 e. The van der Waals surface area contributed by atoms with E-state index in [-0.39, 0.29) is 5.91 Å². The van der Waals surface area contributed by atoms with Crippen LogP contribution in [-0.4, -0.2) is 35.1 Å². The highest BCUT2D eigenvalue weighted by molar-refractivity contribution is 5.94. The van der Waals surface area contributed by atoms with Gasteiger partial charge in [-0.1, -0.05) is 70.6 Å². The van der Waals surface area contributed by atoms with Crippen LogP contribution < -0.4 is 4.74 Å². The molecular weight excluding hydrogens is 444 g/mol. The van der Waals surface area contributed by atoms with Crippen LogP contribution in [0.4, 0.5) is 0 Å². The molecule has 1 aliphatic rings. The molecule has 4 nitrogen and oxygen atoms in total. The quantitative estimate of drug-likeness (QED) is 0.227. The molecule has 0 spiro atoms. The molecule has 0 bridgehead atoms. The topological polar surface area (TPSA) is 34.5 Å². The Labute approximate surface area is 217 Å². The second-order valence-corrected chi connectivity index (χ2v) is 10.4. The second kappa shape index (κ2) is 13.5. The third kappa shape index (κ3) is 6.72. The lowest BCUT2D eigenvalue weighted by molar-refractivity contribution is 0.0713. The summed E-state index contributed by atoms with van der Waals surface area (Å²) in [7, 11) is 0. The standard InChI is InChI=1S/C32H44N2O2/c1-3-5-7-8-12-24-36-28-17-15-27(16-18-28)32(35)33-22-19-26(20-23-33)30-25-34(21-11-6-4-2)31-14-10-9-13-29(30)31/h9-10,13-18,25-26H,3-8,11-12,19-24H2,1-2H3. The van der Waals surface area contributed by atoms with Crippen LogP contribution in [0.15, 0.2) is 54.7 Å². The number of carbonyl (C=O) groups is 1. The summed E-state index contributed by atoms with van der Waals surface area (Å²) in [5.74, 6) is 1.51. The van der Waals surface area contributed by atoms with Gasteiger partial charge in [0.2, 0.25) is 0 Å². The van der Waals surface area contributed by atoms with Crippen molar-refractivity contribution in [3.05, 3.63) is 65.9 Å². The number of nitrogens with zero attached hydrogens (tertiary/aromatic N) is 2. The first-order valence-electron chi connectivity index (χ1n) is 14.3. The summed E-state index contributed by atoms with van der Waals surface area (Å²) < 4.78 is 8.32. The summed E-state index contributed by atoms with van der Waals surface area (Å²) in [6.07, 6.45) is 14.3. The van der Waals surface area contributed by atoms with Gasteiger partial charge in [-0.2, -0.15) is 0 Å². The van der Waals surface area contributed by atoms with Crippen molar-refractivity contribution in [2.75, 3.05) is 19.7 Å². The SMILES string of the molecule is CCCCCCCOc1ccc(C(=O)N2CCC(c3cn(CCCCC)c4ccccc34)CC2)cc1. The van der Waals surface area contributed by atoms with Crippen molar-refractivity contribution in [3.63, 3.8) is 0 Å². The van der Waals surface area contributed by atoms with Crippen molar-refractivity contribution in [2.24, 2.45) is 0 Å². The molecule has 1 amide bonds. The number of aryl methyl sites for hydroxylation is 1. The molecular formula is C32H44N2O2. The van der Waals surface area contributed by atoms with Gasteiger partial charge in [-0.05, 0) is 67.5 Å². The zero-order valence-corrected chi connectivity index (χ0v) is 22.4. The molecule has 0 saturated carbocycles. The Morgan fingerprint density at radius 2 is 1.56 bits per heavy atom. The van der Waals surface area contributed by atoms with Crippen molar-refractivity contribution in [2.45, 2.75) is 90.5 Å². The first kappa shape index (κ1) is 26.3. The van der Waals surface area contributed by atoms with E-state index in [9.17, 15) is 4.79 Å². The van der Waals surface area contributed by atoms with Crippen LogP contribution in [0.1, 0.15) is 99.9 Å². The van der Waals surface area contributed by atoms with Crippen molar-refractivity contribution in [3.8, 4) is 5.75 Å². The normalized spacial score (nSPS) is 14.4. The van der Waals surface area contributed by atoms with Crippen molar-refractivity contribution >= 4 is 16.8 Å². The van der Waals surface area contributed by atoms with Crippen LogP contribution >= 0.6 is 0 Å². The molecule has 1 fully saturated rings. The van der Waals surface area contributed by atoms with E-state index < -0.39 is 0 Å². The van der Waals surface area contributed by atoms with Crippen molar-refractivity contribution in [1.82, 2.24) is 9.47 Å². The molecule has 0 atom stereocenters. The third-order valence-corrected chi connectivity index (χ3v) is 7.66. The number of unbranched alkanes of at least 4 members (excludes halogenated alkanes) is 6. The maximum atomic E-state index is 13.2. The first-order chi connectivity index (χ1) is 17.7. The highest BCUT2D eigenvalue weighted by Gasteiger charge is 2.26. The number of benzene rings is 2. The lowest BCUT2D eigenvalue weighted by Gasteiger charge is -2.32. The lowest BCUT2D eigenvalue weighted by Crippen LogP contribution is -2.37. The maximum Gasteiger partial charge on any atom is 0.253 e. The van der Waals surface area contributed by atoms with Crippen LogP contribution in [0.25, 0.3) is 10.9 Å². The molecule has 36 heavy (non-hydrogen) atoms. The average molecular weight is 489 g/mol. The van der Waals surface area contributed by atoms with E-state index in [2.05, 4.69) is 48.9 Å². The Kier molecular flexibility index (Phi) is 9.89. The van der Waals surface area contributed by atoms with Crippen LogP contribution in [0.2, 0.25) is 0 Å². The minimum absolute atomic E-state index is 0.140. The number of aromatic nitrogens is 1. The molecule has 4 rings (SSSR count). The zero-order chi connectivity index (χ0) is 25.2. The van der Waals surface area contributed by atoms with Crippen LogP contribution in [0.3, 0.4) is 0 Å². The maximum absolute atomic E-state index is 13.2. The Hall–Kier alpha value is -2.75. The average Bonchev–Trinajstić information content (AvgIpc) is 3.29. The number of hydrogen-bond acceptors (Lipinski definition) is 2. The van der Waals surface area contributed by atoms with E-state index in [1.165, 1.54) is 61.4 Å². The fourth-order valence-corrected chi connectivity index (χ4v) is 5.48. The van der Waals surface area contributed by atoms with Crippen molar-refractivity contribution in [1.29, 1.82) is 0 Å². The van der Waals surface area contributed by atoms with E-state index in [0.717, 1.165) is 56.8 Å². The highest BCUT2D eigenvalue weighted by atomic mass is 16.5. The molecule has 0 radical (unpaired) electrons. The molecule has 0 unspecified atom stereocenters. The van der Waals surface area contributed by atoms with Gasteiger partial charge >= 0.3 is 0 Å². The predicted octanol–water partition coefficient (Wildman–Crippen LogP) is 8.20. The van der Waals surface area contributed by atoms with Gasteiger partial charge in [0.05, 0.1) is 6.61 Å². The third-order valence-electron chi connectivity index (χ3n) is 7.66. The summed E-state index contributed by atoms with van der Waals surface area (Å²) >= 11 is 0. The van der Waals surface area contributed by atoms with E-state index in [4.69, 9.17) is 4.74 Å². The van der Waals surface area contributed by atoms with Gasteiger partial charge in [0.1, 0.15) is 5.75 Å². The molecule has 1 aromatic heterocycles. The molecule has 0 aliphatic carbocycles. The summed E-state index contributed by atoms with van der Waals surface area (Å²) in [6, 6.07) is 16.6. The van der Waals surface area contributed by atoms with Crippen LogP contribution in [0, 0.1) is 0 Å². The van der Waals surface area contributed by atoms with Crippen LogP contribution in [0.5, 0.6) is 5.75 Å². The molecule has 1 saturated heterocycles. The Bertz CT molecular complexity index is 1080. The molecule has 0 N–H and O–H groups in total. The fraction of sp³-hybridized carbons (Fsp3) is 0.531. The number of likely N-dealkylation sites (tertiary alicyclic amines) is 1. The molecule has 2 aromatic carbocycles. The molecule has 2 heterocycles. The predicted molar refractivity (Wildman–Crippen MR) is 150 cm³/mol. The molecule has 3 aromatic rings. The number of amides is 1. The summed E-state index contributed by atoms with van der Waals surface area (Å²) in [5, 5.41) is 1.39. The second-order valence-electron chi connectivity index (χ2n) is 10.4. The van der Waals surface area contributed by atoms with E-state index >= 15 is 0 Å². The minimum atomic E-state index is 0.140. The van der Waals surface area contributed by atoms with E-state index in [0.29, 0.717) is 5.92 Å². The van der Waals surface area contributed by atoms with Gasteiger partial charge in [-0.25, -0.2) is 0 Å². The number of rotatable bonds is 13. The number of ether oxygens (including phenoxy) is 1.